The topological polar surface area (TPSA) is 24.9 Å². The Kier molecular flexibility index (Phi) is 6.34. The molecule has 66 valence electrons. The van der Waals surface area contributed by atoms with Crippen LogP contribution in [0.4, 0.5) is 0 Å². The van der Waals surface area contributed by atoms with Gasteiger partial charge >= 0.3 is 0 Å². The molecule has 0 aliphatic rings. The fourth-order valence-corrected chi connectivity index (χ4v) is 0.805. The van der Waals surface area contributed by atoms with Crippen LogP contribution in [0.2, 0.25) is 0 Å². The van der Waals surface area contributed by atoms with Crippen molar-refractivity contribution in [3.8, 4) is 0 Å². The molecular formula is C9H13ClN2. The molecule has 0 atom stereocenters. The third-order valence-corrected chi connectivity index (χ3v) is 1.32. The average Bonchev–Trinajstić information content (AvgIpc) is 2.07. The van der Waals surface area contributed by atoms with Crippen molar-refractivity contribution < 1.29 is 0 Å². The van der Waals surface area contributed by atoms with Crippen LogP contribution in [0.15, 0.2) is 37.1 Å². The fraction of sp³-hybridized carbons (Fsp3) is 0.222. The van der Waals surface area contributed by atoms with E-state index in [-0.39, 0.29) is 12.4 Å². The van der Waals surface area contributed by atoms with Crippen molar-refractivity contribution in [2.45, 2.75) is 6.54 Å². The van der Waals surface area contributed by atoms with Crippen LogP contribution in [-0.4, -0.2) is 11.5 Å². The van der Waals surface area contributed by atoms with E-state index in [9.17, 15) is 0 Å². The minimum absolute atomic E-state index is 0. The maximum atomic E-state index is 4.15. The van der Waals surface area contributed by atoms with E-state index >= 15 is 0 Å². The van der Waals surface area contributed by atoms with E-state index in [1.54, 1.807) is 6.20 Å². The van der Waals surface area contributed by atoms with Gasteiger partial charge in [0.05, 0.1) is 5.69 Å². The summed E-state index contributed by atoms with van der Waals surface area (Å²) < 4.78 is 0. The first-order chi connectivity index (χ1) is 5.43. The number of nitrogens with zero attached hydrogens (tertiary/aromatic N) is 1. The first-order valence-corrected chi connectivity index (χ1v) is 3.65. The van der Waals surface area contributed by atoms with Crippen molar-refractivity contribution in [1.82, 2.24) is 10.3 Å². The van der Waals surface area contributed by atoms with Crippen LogP contribution in [0.1, 0.15) is 5.69 Å². The van der Waals surface area contributed by atoms with E-state index < -0.39 is 0 Å². The molecule has 0 aliphatic carbocycles. The summed E-state index contributed by atoms with van der Waals surface area (Å²) in [4.78, 5) is 4.15. The molecule has 0 saturated heterocycles. The average molecular weight is 185 g/mol. The highest BCUT2D eigenvalue weighted by molar-refractivity contribution is 5.85. The van der Waals surface area contributed by atoms with Crippen molar-refractivity contribution in [1.29, 1.82) is 0 Å². The molecule has 0 aliphatic heterocycles. The lowest BCUT2D eigenvalue weighted by molar-refractivity contribution is 0.741. The molecular weight excluding hydrogens is 172 g/mol. The molecule has 0 amide bonds. The van der Waals surface area contributed by atoms with E-state index in [4.69, 9.17) is 0 Å². The standard InChI is InChI=1S/C9H12N2.ClH/c1-2-6-10-8-9-5-3-4-7-11-9;/h2-5,7,10H,1,6,8H2;1H. The number of hydrogen-bond donors (Lipinski definition) is 1. The molecule has 0 bridgehead atoms. The molecule has 1 rings (SSSR count). The van der Waals surface area contributed by atoms with Crippen molar-refractivity contribution in [2.24, 2.45) is 0 Å². The van der Waals surface area contributed by atoms with Gasteiger partial charge in [0.1, 0.15) is 0 Å². The fourth-order valence-electron chi connectivity index (χ4n) is 0.805. The van der Waals surface area contributed by atoms with Gasteiger partial charge in [-0.2, -0.15) is 0 Å². The number of hydrogen-bond acceptors (Lipinski definition) is 2. The number of halogens is 1. The molecule has 3 heteroatoms. The number of pyridine rings is 1. The minimum Gasteiger partial charge on any atom is -0.308 e. The highest BCUT2D eigenvalue weighted by Gasteiger charge is 1.88. The molecule has 12 heavy (non-hydrogen) atoms. The SMILES string of the molecule is C=CCNCc1ccccn1.Cl. The number of rotatable bonds is 4. The van der Waals surface area contributed by atoms with Gasteiger partial charge in [-0.3, -0.25) is 4.98 Å². The van der Waals surface area contributed by atoms with Crippen molar-refractivity contribution in [3.63, 3.8) is 0 Å². The van der Waals surface area contributed by atoms with Gasteiger partial charge in [-0.1, -0.05) is 12.1 Å². The second-order valence-corrected chi connectivity index (χ2v) is 2.24. The third-order valence-electron chi connectivity index (χ3n) is 1.32. The Hall–Kier alpha value is -0.860. The Morgan fingerprint density at radius 1 is 1.50 bits per heavy atom. The van der Waals surface area contributed by atoms with E-state index in [0.29, 0.717) is 0 Å². The summed E-state index contributed by atoms with van der Waals surface area (Å²) in [6.45, 7) is 5.25. The highest BCUT2D eigenvalue weighted by Crippen LogP contribution is 1.90. The van der Waals surface area contributed by atoms with Gasteiger partial charge in [-0.15, -0.1) is 19.0 Å². The van der Waals surface area contributed by atoms with Gasteiger partial charge in [0, 0.05) is 19.3 Å². The minimum atomic E-state index is 0. The molecule has 1 aromatic heterocycles. The Bertz CT molecular complexity index is 211. The summed E-state index contributed by atoms with van der Waals surface area (Å²) in [5, 5.41) is 3.17. The molecule has 0 spiro atoms. The molecule has 0 fully saturated rings. The Morgan fingerprint density at radius 3 is 2.92 bits per heavy atom. The summed E-state index contributed by atoms with van der Waals surface area (Å²) in [6, 6.07) is 5.89. The lowest BCUT2D eigenvalue weighted by atomic mass is 10.3. The summed E-state index contributed by atoms with van der Waals surface area (Å²) in [7, 11) is 0. The van der Waals surface area contributed by atoms with Gasteiger partial charge in [-0.25, -0.2) is 0 Å². The lowest BCUT2D eigenvalue weighted by Gasteiger charge is -1.98. The van der Waals surface area contributed by atoms with E-state index in [1.807, 2.05) is 24.3 Å². The second-order valence-electron chi connectivity index (χ2n) is 2.24. The van der Waals surface area contributed by atoms with Crippen LogP contribution < -0.4 is 5.32 Å². The maximum absolute atomic E-state index is 4.15. The Morgan fingerprint density at radius 2 is 2.33 bits per heavy atom. The van der Waals surface area contributed by atoms with Crippen LogP contribution in [0.3, 0.4) is 0 Å². The monoisotopic (exact) mass is 184 g/mol. The zero-order valence-corrected chi connectivity index (χ0v) is 7.68. The molecule has 0 saturated carbocycles. The van der Waals surface area contributed by atoms with Gasteiger partial charge < -0.3 is 5.32 Å². The molecule has 1 heterocycles. The zero-order valence-electron chi connectivity index (χ0n) is 6.86. The predicted octanol–water partition coefficient (Wildman–Crippen LogP) is 1.78. The van der Waals surface area contributed by atoms with Gasteiger partial charge in [-0.05, 0) is 12.1 Å². The third kappa shape index (κ3) is 4.11. The summed E-state index contributed by atoms with van der Waals surface area (Å²) in [6.07, 6.45) is 3.63. The molecule has 0 radical (unpaired) electrons. The second kappa shape index (κ2) is 6.83. The predicted molar refractivity (Wildman–Crippen MR) is 53.4 cm³/mol. The van der Waals surface area contributed by atoms with E-state index in [1.165, 1.54) is 0 Å². The summed E-state index contributed by atoms with van der Waals surface area (Å²) in [5.74, 6) is 0. The number of nitrogens with one attached hydrogen (secondary N) is 1. The summed E-state index contributed by atoms with van der Waals surface area (Å²) in [5.41, 5.74) is 1.06. The van der Waals surface area contributed by atoms with Crippen LogP contribution in [0.25, 0.3) is 0 Å². The van der Waals surface area contributed by atoms with Crippen molar-refractivity contribution in [2.75, 3.05) is 6.54 Å². The zero-order chi connectivity index (χ0) is 7.94. The normalized spacial score (nSPS) is 8.67. The first-order valence-electron chi connectivity index (χ1n) is 3.65. The Balaban J connectivity index is 0.00000121. The van der Waals surface area contributed by atoms with Gasteiger partial charge in [0.2, 0.25) is 0 Å². The summed E-state index contributed by atoms with van der Waals surface area (Å²) >= 11 is 0. The van der Waals surface area contributed by atoms with E-state index in [2.05, 4.69) is 16.9 Å². The van der Waals surface area contributed by atoms with Crippen LogP contribution in [-0.2, 0) is 6.54 Å². The van der Waals surface area contributed by atoms with Crippen LogP contribution in [0.5, 0.6) is 0 Å². The van der Waals surface area contributed by atoms with Crippen LogP contribution >= 0.6 is 12.4 Å². The van der Waals surface area contributed by atoms with Crippen LogP contribution in [0, 0.1) is 0 Å². The van der Waals surface area contributed by atoms with Crippen molar-refractivity contribution in [3.05, 3.63) is 42.7 Å². The smallest absolute Gasteiger partial charge is 0.0541 e. The number of aromatic nitrogens is 1. The molecule has 1 N–H and O–H groups in total. The Labute approximate surface area is 79.1 Å². The molecule has 0 unspecified atom stereocenters. The maximum Gasteiger partial charge on any atom is 0.0541 e. The van der Waals surface area contributed by atoms with Gasteiger partial charge in [0.25, 0.3) is 0 Å². The van der Waals surface area contributed by atoms with Gasteiger partial charge in [0.15, 0.2) is 0 Å². The molecule has 1 aromatic rings. The molecule has 0 aromatic carbocycles. The highest BCUT2D eigenvalue weighted by atomic mass is 35.5. The lowest BCUT2D eigenvalue weighted by Crippen LogP contribution is -2.13. The van der Waals surface area contributed by atoms with E-state index in [0.717, 1.165) is 18.8 Å². The first kappa shape index (κ1) is 11.1. The molecule has 2 nitrogen and oxygen atoms in total. The quantitative estimate of drug-likeness (QED) is 0.570. The van der Waals surface area contributed by atoms with Crippen molar-refractivity contribution >= 4 is 12.4 Å². The largest absolute Gasteiger partial charge is 0.308 e.